The molecule has 6 heteroatoms. The Labute approximate surface area is 143 Å². The molecule has 0 aliphatic rings. The van der Waals surface area contributed by atoms with Crippen LogP contribution in [0.25, 0.3) is 5.69 Å². The average molecular weight is 331 g/mol. The Hall–Kier alpha value is -2.34. The van der Waals surface area contributed by atoms with Crippen molar-refractivity contribution in [1.82, 2.24) is 15.1 Å². The van der Waals surface area contributed by atoms with Crippen molar-refractivity contribution < 1.29 is 14.4 Å². The number of methoxy groups -OCH3 is 1. The van der Waals surface area contributed by atoms with E-state index in [0.29, 0.717) is 12.1 Å². The highest BCUT2D eigenvalue weighted by atomic mass is 16.5. The SMILES string of the molecule is CCCc1c(C(=O)NCC[NH+](C)C)cnn1-c1ccc(OC)cc1. The summed E-state index contributed by atoms with van der Waals surface area (Å²) in [5.41, 5.74) is 2.52. The number of carbonyl (C=O) groups is 1. The number of aromatic nitrogens is 2. The van der Waals surface area contributed by atoms with Crippen LogP contribution in [0.3, 0.4) is 0 Å². The van der Waals surface area contributed by atoms with Gasteiger partial charge in [-0.05, 0) is 30.7 Å². The predicted octanol–water partition coefficient (Wildman–Crippen LogP) is 0.708. The smallest absolute Gasteiger partial charge is 0.254 e. The Kier molecular flexibility index (Phi) is 6.37. The zero-order chi connectivity index (χ0) is 17.5. The topological polar surface area (TPSA) is 60.6 Å². The van der Waals surface area contributed by atoms with Crippen LogP contribution >= 0.6 is 0 Å². The van der Waals surface area contributed by atoms with Gasteiger partial charge in [0.1, 0.15) is 5.75 Å². The summed E-state index contributed by atoms with van der Waals surface area (Å²) in [5.74, 6) is 0.742. The molecular weight excluding hydrogens is 304 g/mol. The average Bonchev–Trinajstić information content (AvgIpc) is 2.98. The molecule has 0 bridgehead atoms. The molecule has 2 aromatic rings. The summed E-state index contributed by atoms with van der Waals surface area (Å²) in [6.07, 6.45) is 3.41. The molecule has 0 unspecified atom stereocenters. The van der Waals surface area contributed by atoms with Gasteiger partial charge in [0.25, 0.3) is 5.91 Å². The van der Waals surface area contributed by atoms with Gasteiger partial charge in [-0.2, -0.15) is 5.10 Å². The number of nitrogens with one attached hydrogen (secondary N) is 2. The molecule has 130 valence electrons. The van der Waals surface area contributed by atoms with Crippen molar-refractivity contribution in [2.75, 3.05) is 34.3 Å². The van der Waals surface area contributed by atoms with Crippen LogP contribution in [0.2, 0.25) is 0 Å². The van der Waals surface area contributed by atoms with Gasteiger partial charge in [0.05, 0.1) is 57.4 Å². The molecule has 0 radical (unpaired) electrons. The fraction of sp³-hybridized carbons (Fsp3) is 0.444. The normalized spacial score (nSPS) is 10.9. The quantitative estimate of drug-likeness (QED) is 0.749. The first-order valence-electron chi connectivity index (χ1n) is 8.35. The molecule has 0 saturated carbocycles. The first kappa shape index (κ1) is 18.0. The second-order valence-corrected chi connectivity index (χ2v) is 6.08. The maximum atomic E-state index is 12.5. The summed E-state index contributed by atoms with van der Waals surface area (Å²) in [7, 11) is 5.77. The third-order valence-corrected chi connectivity index (χ3v) is 3.83. The minimum absolute atomic E-state index is 0.0561. The number of benzene rings is 1. The number of hydrogen-bond acceptors (Lipinski definition) is 3. The van der Waals surface area contributed by atoms with Crippen LogP contribution in [0.15, 0.2) is 30.5 Å². The van der Waals surface area contributed by atoms with Crippen molar-refractivity contribution >= 4 is 5.91 Å². The van der Waals surface area contributed by atoms with E-state index in [-0.39, 0.29) is 5.91 Å². The van der Waals surface area contributed by atoms with Crippen LogP contribution < -0.4 is 15.0 Å². The molecular formula is C18H27N4O2+. The van der Waals surface area contributed by atoms with Crippen LogP contribution in [-0.2, 0) is 6.42 Å². The van der Waals surface area contributed by atoms with Gasteiger partial charge < -0.3 is 15.0 Å². The molecule has 1 heterocycles. The highest BCUT2D eigenvalue weighted by molar-refractivity contribution is 5.95. The second kappa shape index (κ2) is 8.49. The molecule has 6 nitrogen and oxygen atoms in total. The molecule has 0 saturated heterocycles. The molecule has 0 fully saturated rings. The number of amides is 1. The van der Waals surface area contributed by atoms with Crippen LogP contribution in [0, 0.1) is 0 Å². The molecule has 2 rings (SSSR count). The summed E-state index contributed by atoms with van der Waals surface area (Å²) in [6.45, 7) is 3.64. The molecule has 0 aliphatic carbocycles. The van der Waals surface area contributed by atoms with Crippen LogP contribution in [0.5, 0.6) is 5.75 Å². The third-order valence-electron chi connectivity index (χ3n) is 3.83. The molecule has 0 atom stereocenters. The van der Waals surface area contributed by atoms with Crippen molar-refractivity contribution in [2.24, 2.45) is 0 Å². The fourth-order valence-electron chi connectivity index (χ4n) is 2.51. The van der Waals surface area contributed by atoms with Crippen molar-refractivity contribution in [3.63, 3.8) is 0 Å². The third kappa shape index (κ3) is 4.35. The highest BCUT2D eigenvalue weighted by Gasteiger charge is 2.17. The number of carbonyl (C=O) groups excluding carboxylic acids is 1. The lowest BCUT2D eigenvalue weighted by atomic mass is 10.1. The lowest BCUT2D eigenvalue weighted by molar-refractivity contribution is -0.856. The molecule has 2 N–H and O–H groups in total. The van der Waals surface area contributed by atoms with E-state index in [9.17, 15) is 4.79 Å². The number of rotatable bonds is 8. The Balaban J connectivity index is 2.23. The Morgan fingerprint density at radius 3 is 2.58 bits per heavy atom. The Morgan fingerprint density at radius 1 is 1.29 bits per heavy atom. The largest absolute Gasteiger partial charge is 0.497 e. The maximum absolute atomic E-state index is 12.5. The van der Waals surface area contributed by atoms with E-state index in [1.165, 1.54) is 4.90 Å². The summed E-state index contributed by atoms with van der Waals surface area (Å²) >= 11 is 0. The zero-order valence-electron chi connectivity index (χ0n) is 14.9. The van der Waals surface area contributed by atoms with Crippen LogP contribution in [-0.4, -0.2) is 50.0 Å². The minimum atomic E-state index is -0.0561. The van der Waals surface area contributed by atoms with E-state index < -0.39 is 0 Å². The Bertz CT molecular complexity index is 662. The summed E-state index contributed by atoms with van der Waals surface area (Å²) in [4.78, 5) is 13.8. The second-order valence-electron chi connectivity index (χ2n) is 6.08. The van der Waals surface area contributed by atoms with Crippen LogP contribution in [0.4, 0.5) is 0 Å². The van der Waals surface area contributed by atoms with Gasteiger partial charge >= 0.3 is 0 Å². The van der Waals surface area contributed by atoms with Gasteiger partial charge in [0.2, 0.25) is 0 Å². The summed E-state index contributed by atoms with van der Waals surface area (Å²) in [5, 5.41) is 7.41. The van der Waals surface area contributed by atoms with Gasteiger partial charge in [0, 0.05) is 0 Å². The number of quaternary nitrogens is 1. The summed E-state index contributed by atoms with van der Waals surface area (Å²) < 4.78 is 7.04. The molecule has 1 aromatic carbocycles. The molecule has 0 spiro atoms. The van der Waals surface area contributed by atoms with Crippen molar-refractivity contribution in [1.29, 1.82) is 0 Å². The summed E-state index contributed by atoms with van der Waals surface area (Å²) in [6, 6.07) is 7.68. The molecule has 1 aromatic heterocycles. The number of hydrogen-bond donors (Lipinski definition) is 2. The number of likely N-dealkylation sites (N-methyl/N-ethyl adjacent to an activating group) is 1. The van der Waals surface area contributed by atoms with E-state index in [4.69, 9.17) is 4.74 Å². The first-order chi connectivity index (χ1) is 11.6. The van der Waals surface area contributed by atoms with Crippen molar-refractivity contribution in [3.05, 3.63) is 41.7 Å². The van der Waals surface area contributed by atoms with Gasteiger partial charge in [-0.1, -0.05) is 13.3 Å². The Morgan fingerprint density at radius 2 is 2.00 bits per heavy atom. The van der Waals surface area contributed by atoms with Crippen molar-refractivity contribution in [3.8, 4) is 11.4 Å². The van der Waals surface area contributed by atoms with E-state index in [1.807, 2.05) is 28.9 Å². The fourth-order valence-corrected chi connectivity index (χ4v) is 2.51. The molecule has 0 aliphatic heterocycles. The van der Waals surface area contributed by atoms with E-state index in [0.717, 1.165) is 36.5 Å². The predicted molar refractivity (Wildman–Crippen MR) is 94.1 cm³/mol. The standard InChI is InChI=1S/C18H26N4O2/c1-5-6-17-16(18(23)19-11-12-21(2)3)13-20-22(17)14-7-9-15(24-4)10-8-14/h7-10,13H,5-6,11-12H2,1-4H3,(H,19,23)/p+1. The van der Waals surface area contributed by atoms with Gasteiger partial charge in [-0.3, -0.25) is 4.79 Å². The van der Waals surface area contributed by atoms with Gasteiger partial charge in [-0.25, -0.2) is 4.68 Å². The molecule has 24 heavy (non-hydrogen) atoms. The molecule has 1 amide bonds. The van der Waals surface area contributed by atoms with E-state index in [1.54, 1.807) is 13.3 Å². The minimum Gasteiger partial charge on any atom is -0.497 e. The highest BCUT2D eigenvalue weighted by Crippen LogP contribution is 2.19. The maximum Gasteiger partial charge on any atom is 0.254 e. The monoisotopic (exact) mass is 331 g/mol. The zero-order valence-corrected chi connectivity index (χ0v) is 14.9. The lowest BCUT2D eigenvalue weighted by Crippen LogP contribution is -3.06. The van der Waals surface area contributed by atoms with E-state index in [2.05, 4.69) is 31.4 Å². The van der Waals surface area contributed by atoms with Crippen molar-refractivity contribution in [2.45, 2.75) is 19.8 Å². The van der Waals surface area contributed by atoms with Gasteiger partial charge in [-0.15, -0.1) is 0 Å². The van der Waals surface area contributed by atoms with E-state index >= 15 is 0 Å². The van der Waals surface area contributed by atoms with Gasteiger partial charge in [0.15, 0.2) is 0 Å². The number of nitrogens with zero attached hydrogens (tertiary/aromatic N) is 2. The lowest BCUT2D eigenvalue weighted by Gasteiger charge is -2.11. The first-order valence-corrected chi connectivity index (χ1v) is 8.35. The number of ether oxygens (including phenoxy) is 1. The van der Waals surface area contributed by atoms with Crippen LogP contribution in [0.1, 0.15) is 29.4 Å².